The lowest BCUT2D eigenvalue weighted by molar-refractivity contribution is 0.0526. The summed E-state index contributed by atoms with van der Waals surface area (Å²) in [6.45, 7) is 2.09. The van der Waals surface area contributed by atoms with E-state index in [4.69, 9.17) is 4.74 Å². The zero-order valence-electron chi connectivity index (χ0n) is 10.1. The van der Waals surface area contributed by atoms with Crippen LogP contribution >= 0.6 is 11.3 Å². The number of ether oxygens (including phenoxy) is 1. The van der Waals surface area contributed by atoms with E-state index in [-0.39, 0.29) is 11.8 Å². The summed E-state index contributed by atoms with van der Waals surface area (Å²) in [6, 6.07) is 5.24. The highest BCUT2D eigenvalue weighted by Crippen LogP contribution is 2.36. The highest BCUT2D eigenvalue weighted by atomic mass is 32.1. The van der Waals surface area contributed by atoms with Crippen molar-refractivity contribution < 1.29 is 14.6 Å². The Balaban J connectivity index is 2.26. The summed E-state index contributed by atoms with van der Waals surface area (Å²) >= 11 is 1.45. The number of carbonyl (C=O) groups is 1. The first-order valence-electron chi connectivity index (χ1n) is 5.74. The predicted octanol–water partition coefficient (Wildman–Crippen LogP) is 2.73. The molecule has 1 aromatic carbocycles. The third kappa shape index (κ3) is 1.90. The van der Waals surface area contributed by atoms with Gasteiger partial charge in [-0.3, -0.25) is 0 Å². The van der Waals surface area contributed by atoms with Crippen molar-refractivity contribution in [3.8, 4) is 5.88 Å². The van der Waals surface area contributed by atoms with E-state index in [1.807, 2.05) is 6.07 Å². The molecule has 0 aliphatic rings. The number of hydrogen-bond acceptors (Lipinski definition) is 6. The Bertz CT molecular complexity index is 782. The van der Waals surface area contributed by atoms with Gasteiger partial charge in [0.2, 0.25) is 5.88 Å². The van der Waals surface area contributed by atoms with Crippen molar-refractivity contribution in [3.05, 3.63) is 30.1 Å². The van der Waals surface area contributed by atoms with E-state index in [9.17, 15) is 9.90 Å². The molecule has 96 valence electrons. The first-order valence-corrected chi connectivity index (χ1v) is 6.55. The van der Waals surface area contributed by atoms with Gasteiger partial charge in [-0.1, -0.05) is 0 Å². The second-order valence-corrected chi connectivity index (χ2v) is 4.94. The van der Waals surface area contributed by atoms with Crippen LogP contribution in [0.2, 0.25) is 0 Å². The molecule has 1 N–H and O–H groups in total. The number of rotatable bonds is 2. The summed E-state index contributed by atoms with van der Waals surface area (Å²) in [7, 11) is 0. The number of benzene rings is 1. The van der Waals surface area contributed by atoms with E-state index >= 15 is 0 Å². The molecule has 3 rings (SSSR count). The summed E-state index contributed by atoms with van der Waals surface area (Å²) in [5, 5.41) is 11.2. The second kappa shape index (κ2) is 4.47. The van der Waals surface area contributed by atoms with Crippen molar-refractivity contribution in [2.75, 3.05) is 6.61 Å². The predicted molar refractivity (Wildman–Crippen MR) is 72.5 cm³/mol. The van der Waals surface area contributed by atoms with Gasteiger partial charge >= 0.3 is 5.97 Å². The number of thiophene rings is 1. The molecule has 0 aliphatic heterocycles. The highest BCUT2D eigenvalue weighted by molar-refractivity contribution is 7.25. The molecule has 0 fully saturated rings. The Hall–Kier alpha value is -2.21. The Morgan fingerprint density at radius 3 is 3.05 bits per heavy atom. The molecule has 0 saturated heterocycles. The van der Waals surface area contributed by atoms with Gasteiger partial charge in [-0.05, 0) is 25.1 Å². The monoisotopic (exact) mass is 274 g/mol. The number of hydrogen-bond donors (Lipinski definition) is 1. The zero-order valence-corrected chi connectivity index (χ0v) is 10.9. The Labute approximate surface area is 112 Å². The maximum atomic E-state index is 11.7. The Kier molecular flexibility index (Phi) is 2.79. The van der Waals surface area contributed by atoms with E-state index in [1.165, 1.54) is 17.7 Å². The SMILES string of the molecule is CCOC(=O)c1ccc2sc3ncnc(O)c3c2c1. The molecule has 0 saturated carbocycles. The minimum Gasteiger partial charge on any atom is -0.493 e. The summed E-state index contributed by atoms with van der Waals surface area (Å²) in [4.78, 5) is 20.3. The number of aromatic hydroxyl groups is 1. The fraction of sp³-hybridized carbons (Fsp3) is 0.154. The van der Waals surface area contributed by atoms with Crippen LogP contribution in [0.15, 0.2) is 24.5 Å². The van der Waals surface area contributed by atoms with Crippen molar-refractivity contribution in [2.45, 2.75) is 6.92 Å². The van der Waals surface area contributed by atoms with Crippen LogP contribution in [0.25, 0.3) is 20.3 Å². The fourth-order valence-electron chi connectivity index (χ4n) is 1.93. The lowest BCUT2D eigenvalue weighted by Crippen LogP contribution is -2.03. The average molecular weight is 274 g/mol. The summed E-state index contributed by atoms with van der Waals surface area (Å²) in [5.74, 6) is -0.447. The standard InChI is InChI=1S/C13H10N2O3S/c1-2-18-13(17)7-3-4-9-8(5-7)10-11(16)14-6-15-12(10)19-9/h3-6H,2H2,1H3,(H,14,15,16). The zero-order chi connectivity index (χ0) is 13.4. The quantitative estimate of drug-likeness (QED) is 0.727. The fourth-order valence-corrected chi connectivity index (χ4v) is 2.95. The van der Waals surface area contributed by atoms with Crippen molar-refractivity contribution in [3.63, 3.8) is 0 Å². The van der Waals surface area contributed by atoms with E-state index in [0.717, 1.165) is 10.1 Å². The van der Waals surface area contributed by atoms with Crippen molar-refractivity contribution in [1.29, 1.82) is 0 Å². The van der Waals surface area contributed by atoms with Crippen LogP contribution in [0.4, 0.5) is 0 Å². The Morgan fingerprint density at radius 2 is 2.26 bits per heavy atom. The normalized spacial score (nSPS) is 11.0. The number of nitrogens with zero attached hydrogens (tertiary/aromatic N) is 2. The number of fused-ring (bicyclic) bond motifs is 3. The van der Waals surface area contributed by atoms with Crippen LogP contribution in [0.3, 0.4) is 0 Å². The van der Waals surface area contributed by atoms with Crippen molar-refractivity contribution in [1.82, 2.24) is 9.97 Å². The lowest BCUT2D eigenvalue weighted by atomic mass is 10.1. The first-order chi connectivity index (χ1) is 9.20. The molecule has 0 bridgehead atoms. The molecule has 5 nitrogen and oxygen atoms in total. The van der Waals surface area contributed by atoms with Crippen molar-refractivity contribution in [2.24, 2.45) is 0 Å². The number of aromatic nitrogens is 2. The smallest absolute Gasteiger partial charge is 0.338 e. The van der Waals surface area contributed by atoms with Crippen LogP contribution < -0.4 is 0 Å². The average Bonchev–Trinajstić information content (AvgIpc) is 2.77. The van der Waals surface area contributed by atoms with E-state index in [2.05, 4.69) is 9.97 Å². The Morgan fingerprint density at radius 1 is 1.42 bits per heavy atom. The summed E-state index contributed by atoms with van der Waals surface area (Å²) in [6.07, 6.45) is 1.32. The molecule has 0 atom stereocenters. The van der Waals surface area contributed by atoms with Crippen LogP contribution in [0.5, 0.6) is 5.88 Å². The van der Waals surface area contributed by atoms with Crippen molar-refractivity contribution >= 4 is 37.6 Å². The van der Waals surface area contributed by atoms with E-state index in [0.29, 0.717) is 22.4 Å². The van der Waals surface area contributed by atoms with E-state index < -0.39 is 0 Å². The van der Waals surface area contributed by atoms with Gasteiger partial charge in [0, 0.05) is 10.1 Å². The molecule has 0 unspecified atom stereocenters. The minimum atomic E-state index is -0.375. The van der Waals surface area contributed by atoms with Gasteiger partial charge in [0.1, 0.15) is 11.2 Å². The van der Waals surface area contributed by atoms with Gasteiger partial charge in [-0.25, -0.2) is 14.8 Å². The van der Waals surface area contributed by atoms with E-state index in [1.54, 1.807) is 19.1 Å². The van der Waals surface area contributed by atoms with Gasteiger partial charge in [0.15, 0.2) is 0 Å². The van der Waals surface area contributed by atoms with Gasteiger partial charge < -0.3 is 9.84 Å². The molecule has 0 aliphatic carbocycles. The molecule has 2 aromatic heterocycles. The maximum absolute atomic E-state index is 11.7. The molecule has 0 radical (unpaired) electrons. The molecular weight excluding hydrogens is 264 g/mol. The molecule has 0 spiro atoms. The van der Waals surface area contributed by atoms with Gasteiger partial charge in [0.25, 0.3) is 0 Å². The lowest BCUT2D eigenvalue weighted by Gasteiger charge is -2.01. The molecule has 19 heavy (non-hydrogen) atoms. The van der Waals surface area contributed by atoms with Crippen LogP contribution in [0.1, 0.15) is 17.3 Å². The maximum Gasteiger partial charge on any atom is 0.338 e. The summed E-state index contributed by atoms with van der Waals surface area (Å²) < 4.78 is 5.91. The topological polar surface area (TPSA) is 72.3 Å². The van der Waals surface area contributed by atoms with Crippen LogP contribution in [-0.4, -0.2) is 27.7 Å². The second-order valence-electron chi connectivity index (χ2n) is 3.91. The van der Waals surface area contributed by atoms with Crippen LogP contribution in [0, 0.1) is 0 Å². The van der Waals surface area contributed by atoms with Crippen LogP contribution in [-0.2, 0) is 4.74 Å². The highest BCUT2D eigenvalue weighted by Gasteiger charge is 2.14. The van der Waals surface area contributed by atoms with Gasteiger partial charge in [-0.2, -0.15) is 0 Å². The largest absolute Gasteiger partial charge is 0.493 e. The third-order valence-corrected chi connectivity index (χ3v) is 3.84. The summed E-state index contributed by atoms with van der Waals surface area (Å²) in [5.41, 5.74) is 0.456. The van der Waals surface area contributed by atoms with Gasteiger partial charge in [-0.15, -0.1) is 11.3 Å². The first kappa shape index (κ1) is 11.9. The molecule has 0 amide bonds. The molecule has 6 heteroatoms. The molecular formula is C13H10N2O3S. The third-order valence-electron chi connectivity index (χ3n) is 2.76. The van der Waals surface area contributed by atoms with Gasteiger partial charge in [0.05, 0.1) is 17.6 Å². The molecule has 3 aromatic rings. The molecule has 2 heterocycles. The number of carbonyl (C=O) groups excluding carboxylic acids is 1. The number of esters is 1. The minimum absolute atomic E-state index is 0.0720.